The topological polar surface area (TPSA) is 75.4 Å². The van der Waals surface area contributed by atoms with Gasteiger partial charge in [-0.3, -0.25) is 9.59 Å². The van der Waals surface area contributed by atoms with E-state index in [0.29, 0.717) is 13.1 Å². The quantitative estimate of drug-likeness (QED) is 0.877. The van der Waals surface area contributed by atoms with E-state index in [4.69, 9.17) is 5.73 Å². The van der Waals surface area contributed by atoms with Gasteiger partial charge in [-0.2, -0.15) is 0 Å². The third-order valence-corrected chi connectivity index (χ3v) is 5.30. The Kier molecular flexibility index (Phi) is 5.14. The van der Waals surface area contributed by atoms with Gasteiger partial charge in [0.25, 0.3) is 5.91 Å². The Labute approximate surface area is 140 Å². The number of hydrogen-bond donors (Lipinski definition) is 2. The smallest absolute Gasteiger partial charge is 0.261 e. The molecule has 2 amide bonds. The van der Waals surface area contributed by atoms with Crippen molar-refractivity contribution in [3.63, 3.8) is 0 Å². The summed E-state index contributed by atoms with van der Waals surface area (Å²) in [5.74, 6) is 0.0801. The number of nitrogens with one attached hydrogen (secondary N) is 1. The molecule has 22 heavy (non-hydrogen) atoms. The van der Waals surface area contributed by atoms with Crippen LogP contribution in [-0.2, 0) is 4.79 Å². The highest BCUT2D eigenvalue weighted by molar-refractivity contribution is 7.13. The predicted octanol–water partition coefficient (Wildman–Crippen LogP) is 1.69. The van der Waals surface area contributed by atoms with E-state index in [2.05, 4.69) is 5.32 Å². The van der Waals surface area contributed by atoms with Crippen LogP contribution in [0, 0.1) is 6.92 Å². The van der Waals surface area contributed by atoms with E-state index in [1.807, 2.05) is 24.0 Å². The molecule has 0 atom stereocenters. The second kappa shape index (κ2) is 6.56. The lowest BCUT2D eigenvalue weighted by molar-refractivity contribution is -0.134. The fourth-order valence-corrected chi connectivity index (χ4v) is 3.47. The molecule has 1 aromatic heterocycles. The number of piperidine rings is 1. The molecule has 1 aromatic rings. The predicted molar refractivity (Wildman–Crippen MR) is 89.5 cm³/mol. The fraction of sp³-hybridized carbons (Fsp3) is 0.600. The number of thiophene rings is 1. The van der Waals surface area contributed by atoms with Gasteiger partial charge in [-0.1, -0.05) is 0 Å². The molecule has 1 aliphatic heterocycles. The van der Waals surface area contributed by atoms with Crippen LogP contribution >= 0.6 is 23.7 Å². The number of carbonyl (C=O) groups is 2. The number of likely N-dealkylation sites (tertiary alicyclic amines) is 1. The first-order valence-electron chi connectivity index (χ1n) is 7.43. The number of halogens is 1. The van der Waals surface area contributed by atoms with E-state index in [1.165, 1.54) is 11.3 Å². The maximum atomic E-state index is 12.2. The van der Waals surface area contributed by atoms with Gasteiger partial charge in [-0.25, -0.2) is 0 Å². The van der Waals surface area contributed by atoms with E-state index in [-0.39, 0.29) is 30.3 Å². The zero-order chi connectivity index (χ0) is 15.0. The van der Waals surface area contributed by atoms with Crippen LogP contribution in [0.5, 0.6) is 0 Å². The summed E-state index contributed by atoms with van der Waals surface area (Å²) < 4.78 is 0. The minimum Gasteiger partial charge on any atom is -0.348 e. The summed E-state index contributed by atoms with van der Waals surface area (Å²) in [5, 5.41) is 3.06. The molecule has 0 bridgehead atoms. The molecule has 5 nitrogen and oxygen atoms in total. The van der Waals surface area contributed by atoms with E-state index in [1.54, 1.807) is 0 Å². The van der Waals surface area contributed by atoms with Crippen molar-refractivity contribution in [3.8, 4) is 0 Å². The lowest BCUT2D eigenvalue weighted by atomic mass is 10.0. The number of carbonyl (C=O) groups excluding carboxylic acids is 2. The van der Waals surface area contributed by atoms with Crippen LogP contribution in [0.1, 0.15) is 40.2 Å². The monoisotopic (exact) mass is 343 g/mol. The molecule has 0 unspecified atom stereocenters. The minimum absolute atomic E-state index is 0. The molecule has 3 N–H and O–H groups in total. The zero-order valence-corrected chi connectivity index (χ0v) is 14.3. The lowest BCUT2D eigenvalue weighted by Gasteiger charge is -2.33. The molecule has 1 aliphatic carbocycles. The van der Waals surface area contributed by atoms with Crippen LogP contribution in [0.15, 0.2) is 12.1 Å². The summed E-state index contributed by atoms with van der Waals surface area (Å²) in [5.41, 5.74) is 5.38. The Morgan fingerprint density at radius 2 is 1.95 bits per heavy atom. The lowest BCUT2D eigenvalue weighted by Crippen LogP contribution is -2.51. The maximum absolute atomic E-state index is 12.2. The van der Waals surface area contributed by atoms with Crippen molar-refractivity contribution in [3.05, 3.63) is 21.9 Å². The van der Waals surface area contributed by atoms with Crippen LogP contribution in [-0.4, -0.2) is 41.4 Å². The number of nitrogens with zero attached hydrogens (tertiary/aromatic N) is 1. The van der Waals surface area contributed by atoms with Gasteiger partial charge in [0, 0.05) is 24.0 Å². The molecule has 2 fully saturated rings. The largest absolute Gasteiger partial charge is 0.348 e. The molecule has 0 spiro atoms. The highest BCUT2D eigenvalue weighted by atomic mass is 35.5. The Hall–Kier alpha value is -1.11. The first-order chi connectivity index (χ1) is 9.98. The summed E-state index contributed by atoms with van der Waals surface area (Å²) >= 11 is 1.51. The standard InChI is InChI=1S/C15H21N3O2S.ClH/c1-10-2-3-12(21-10)13(19)17-11-4-8-18(9-5-11)14(20)15(16)6-7-15;/h2-3,11H,4-9,16H2,1H3,(H,17,19);1H. The molecule has 0 radical (unpaired) electrons. The van der Waals surface area contributed by atoms with Gasteiger partial charge in [-0.05, 0) is 44.7 Å². The molecule has 1 saturated heterocycles. The number of aryl methyl sites for hydroxylation is 1. The van der Waals surface area contributed by atoms with Gasteiger partial charge in [0.1, 0.15) is 0 Å². The Morgan fingerprint density at radius 3 is 2.45 bits per heavy atom. The van der Waals surface area contributed by atoms with Gasteiger partial charge in [0.2, 0.25) is 5.91 Å². The van der Waals surface area contributed by atoms with E-state index in [0.717, 1.165) is 35.4 Å². The van der Waals surface area contributed by atoms with Gasteiger partial charge in [0.05, 0.1) is 10.4 Å². The normalized spacial score (nSPS) is 20.2. The summed E-state index contributed by atoms with van der Waals surface area (Å²) in [6.07, 6.45) is 3.22. The minimum atomic E-state index is -0.579. The highest BCUT2D eigenvalue weighted by Crippen LogP contribution is 2.34. The number of nitrogens with two attached hydrogens (primary N) is 1. The van der Waals surface area contributed by atoms with Gasteiger partial charge in [0.15, 0.2) is 0 Å². The van der Waals surface area contributed by atoms with Crippen molar-refractivity contribution in [1.29, 1.82) is 0 Å². The molecule has 122 valence electrons. The summed E-state index contributed by atoms with van der Waals surface area (Å²) in [6, 6.07) is 3.97. The average molecular weight is 344 g/mol. The van der Waals surface area contributed by atoms with Crippen molar-refractivity contribution in [2.24, 2.45) is 5.73 Å². The molecule has 7 heteroatoms. The van der Waals surface area contributed by atoms with Crippen molar-refractivity contribution >= 4 is 35.6 Å². The maximum Gasteiger partial charge on any atom is 0.261 e. The fourth-order valence-electron chi connectivity index (χ4n) is 2.70. The van der Waals surface area contributed by atoms with Gasteiger partial charge >= 0.3 is 0 Å². The number of rotatable bonds is 3. The summed E-state index contributed by atoms with van der Waals surface area (Å²) in [6.45, 7) is 3.37. The van der Waals surface area contributed by atoms with Gasteiger partial charge in [-0.15, -0.1) is 23.7 Å². The molecular weight excluding hydrogens is 322 g/mol. The second-order valence-corrected chi connectivity index (χ2v) is 7.39. The molecule has 2 heterocycles. The van der Waals surface area contributed by atoms with Crippen molar-refractivity contribution < 1.29 is 9.59 Å². The summed E-state index contributed by atoms with van der Waals surface area (Å²) in [7, 11) is 0. The molecule has 2 aliphatic rings. The molecular formula is C15H22ClN3O2S. The van der Waals surface area contributed by atoms with Crippen LogP contribution < -0.4 is 11.1 Å². The third kappa shape index (κ3) is 3.62. The van der Waals surface area contributed by atoms with Crippen LogP contribution in [0.4, 0.5) is 0 Å². The van der Waals surface area contributed by atoms with Crippen molar-refractivity contribution in [2.45, 2.75) is 44.2 Å². The molecule has 3 rings (SSSR count). The Balaban J connectivity index is 0.00000176. The first-order valence-corrected chi connectivity index (χ1v) is 8.25. The highest BCUT2D eigenvalue weighted by Gasteiger charge is 2.48. The van der Waals surface area contributed by atoms with E-state index < -0.39 is 5.54 Å². The Bertz CT molecular complexity index is 563. The number of amides is 2. The Morgan fingerprint density at radius 1 is 1.32 bits per heavy atom. The van der Waals surface area contributed by atoms with Crippen molar-refractivity contribution in [2.75, 3.05) is 13.1 Å². The SMILES string of the molecule is Cc1ccc(C(=O)NC2CCN(C(=O)C3(N)CC3)CC2)s1.Cl. The molecule has 1 saturated carbocycles. The molecule has 0 aromatic carbocycles. The van der Waals surface area contributed by atoms with Crippen LogP contribution in [0.3, 0.4) is 0 Å². The second-order valence-electron chi connectivity index (χ2n) is 6.11. The van der Waals surface area contributed by atoms with Crippen molar-refractivity contribution in [1.82, 2.24) is 10.2 Å². The van der Waals surface area contributed by atoms with E-state index in [9.17, 15) is 9.59 Å². The van der Waals surface area contributed by atoms with Crippen LogP contribution in [0.25, 0.3) is 0 Å². The van der Waals surface area contributed by atoms with Crippen LogP contribution in [0.2, 0.25) is 0 Å². The zero-order valence-electron chi connectivity index (χ0n) is 12.6. The average Bonchev–Trinajstić information content (AvgIpc) is 3.07. The van der Waals surface area contributed by atoms with E-state index >= 15 is 0 Å². The third-order valence-electron chi connectivity index (χ3n) is 4.30. The van der Waals surface area contributed by atoms with Gasteiger partial charge < -0.3 is 16.0 Å². The number of hydrogen-bond acceptors (Lipinski definition) is 4. The summed E-state index contributed by atoms with van der Waals surface area (Å²) in [4.78, 5) is 28.0. The first kappa shape index (κ1) is 17.2.